The Morgan fingerprint density at radius 3 is 2.74 bits per heavy atom. The van der Waals surface area contributed by atoms with Gasteiger partial charge in [0.1, 0.15) is 24.1 Å². The number of aromatic nitrogens is 2. The van der Waals surface area contributed by atoms with Gasteiger partial charge in [0.2, 0.25) is 5.88 Å². The van der Waals surface area contributed by atoms with Crippen LogP contribution in [0.3, 0.4) is 0 Å². The minimum Gasteiger partial charge on any atom is -0.475 e. The largest absolute Gasteiger partial charge is 0.475 e. The van der Waals surface area contributed by atoms with Crippen molar-refractivity contribution in [1.82, 2.24) is 20.2 Å². The molecule has 3 aliphatic rings. The maximum atomic E-state index is 10.5. The predicted molar refractivity (Wildman–Crippen MR) is 171 cm³/mol. The van der Waals surface area contributed by atoms with E-state index in [2.05, 4.69) is 68.4 Å². The molecule has 9 heteroatoms. The lowest BCUT2D eigenvalue weighted by Crippen LogP contribution is -2.47. The Morgan fingerprint density at radius 2 is 1.95 bits per heavy atom. The van der Waals surface area contributed by atoms with Gasteiger partial charge in [0.15, 0.2) is 0 Å². The number of ether oxygens (including phenoxy) is 1. The van der Waals surface area contributed by atoms with Crippen molar-refractivity contribution in [3.05, 3.63) is 88.2 Å². The number of pyridine rings is 2. The highest BCUT2D eigenvalue weighted by Gasteiger charge is 2.32. The van der Waals surface area contributed by atoms with Gasteiger partial charge in [-0.05, 0) is 62.0 Å². The van der Waals surface area contributed by atoms with Crippen LogP contribution in [0.4, 0.5) is 11.5 Å². The summed E-state index contributed by atoms with van der Waals surface area (Å²) in [6.07, 6.45) is 6.78. The number of likely N-dealkylation sites (tertiary alicyclic amines) is 1. The number of nitrogens with one attached hydrogen (secondary N) is 1. The van der Waals surface area contributed by atoms with Gasteiger partial charge in [-0.1, -0.05) is 41.9 Å². The van der Waals surface area contributed by atoms with Gasteiger partial charge in [0, 0.05) is 73.4 Å². The summed E-state index contributed by atoms with van der Waals surface area (Å²) in [4.78, 5) is 16.5. The Kier molecular flexibility index (Phi) is 7.79. The van der Waals surface area contributed by atoms with Crippen LogP contribution >= 0.6 is 11.6 Å². The van der Waals surface area contributed by atoms with Gasteiger partial charge < -0.3 is 24.8 Å². The van der Waals surface area contributed by atoms with Gasteiger partial charge in [0.05, 0.1) is 11.1 Å². The second-order valence-electron chi connectivity index (χ2n) is 11.8. The molecule has 43 heavy (non-hydrogen) atoms. The van der Waals surface area contributed by atoms with Crippen LogP contribution in [0, 0.1) is 11.3 Å². The van der Waals surface area contributed by atoms with E-state index in [4.69, 9.17) is 21.3 Å². The molecular formula is C34H36ClN7O. The Labute approximate surface area is 257 Å². The average Bonchev–Trinajstić information content (AvgIpc) is 3.47. The van der Waals surface area contributed by atoms with Crippen LogP contribution < -0.4 is 19.9 Å². The molecule has 0 bridgehead atoms. The van der Waals surface area contributed by atoms with Crippen molar-refractivity contribution in [3.8, 4) is 11.9 Å². The van der Waals surface area contributed by atoms with E-state index < -0.39 is 0 Å². The van der Waals surface area contributed by atoms with E-state index in [-0.39, 0.29) is 6.04 Å². The number of piperazine rings is 1. The van der Waals surface area contributed by atoms with E-state index >= 15 is 0 Å². The van der Waals surface area contributed by atoms with Crippen molar-refractivity contribution in [2.45, 2.75) is 37.9 Å². The molecule has 0 radical (unpaired) electrons. The monoisotopic (exact) mass is 593 g/mol. The highest BCUT2D eigenvalue weighted by Crippen LogP contribution is 2.40. The molecular weight excluding hydrogens is 558 g/mol. The number of rotatable bonds is 6. The summed E-state index contributed by atoms with van der Waals surface area (Å²) >= 11 is 6.74. The third-order valence-electron chi connectivity index (χ3n) is 9.27. The van der Waals surface area contributed by atoms with Crippen molar-refractivity contribution in [2.75, 3.05) is 56.2 Å². The quantitative estimate of drug-likeness (QED) is 0.321. The molecule has 3 aliphatic heterocycles. The topological polar surface area (TPSA) is 80.5 Å². The molecule has 1 N–H and O–H groups in total. The first kappa shape index (κ1) is 27.9. The van der Waals surface area contributed by atoms with Crippen molar-refractivity contribution < 1.29 is 4.74 Å². The Bertz CT molecular complexity index is 1670. The molecule has 0 spiro atoms. The molecule has 220 valence electrons. The first-order chi connectivity index (χ1) is 21.1. The predicted octanol–water partition coefficient (Wildman–Crippen LogP) is 5.34. The Morgan fingerprint density at radius 1 is 1.07 bits per heavy atom. The summed E-state index contributed by atoms with van der Waals surface area (Å²) in [7, 11) is 2.14. The number of halogens is 1. The molecule has 0 aliphatic carbocycles. The van der Waals surface area contributed by atoms with E-state index in [9.17, 15) is 5.26 Å². The summed E-state index contributed by atoms with van der Waals surface area (Å²) in [6, 6.07) is 19.4. The van der Waals surface area contributed by atoms with Crippen LogP contribution in [-0.4, -0.2) is 67.3 Å². The summed E-state index contributed by atoms with van der Waals surface area (Å²) in [5.74, 6) is 1.39. The first-order valence-electron chi connectivity index (χ1n) is 15.2. The molecule has 7 rings (SSSR count). The number of fused-ring (bicyclic) bond motifs is 2. The third-order valence-corrected chi connectivity index (χ3v) is 9.58. The summed E-state index contributed by atoms with van der Waals surface area (Å²) in [6.45, 7) is 5.43. The number of hydrogen-bond donors (Lipinski definition) is 1. The standard InChI is InChI=1S/C34H36ClN7O/c1-40-15-5-9-25(40)22-43-34-27(18-36)28-20-41(31-11-3-7-23-6-2-10-29(35)32(23)31)16-12-26(28)33(39-34)42-17-14-38-30(21-42)24-8-4-13-37-19-24/h2-4,6-8,10-11,13,19,25,30,38H,5,9,12,14-17,20-22H2,1H3/t25-,30?/m0/s1. The van der Waals surface area contributed by atoms with E-state index in [1.807, 2.05) is 30.6 Å². The van der Waals surface area contributed by atoms with Crippen molar-refractivity contribution in [3.63, 3.8) is 0 Å². The van der Waals surface area contributed by atoms with Crippen LogP contribution in [0.25, 0.3) is 10.8 Å². The highest BCUT2D eigenvalue weighted by molar-refractivity contribution is 6.36. The summed E-state index contributed by atoms with van der Waals surface area (Å²) in [5, 5.41) is 17.1. The molecule has 4 aromatic rings. The zero-order valence-corrected chi connectivity index (χ0v) is 25.2. The van der Waals surface area contributed by atoms with Crippen molar-refractivity contribution >= 4 is 33.9 Å². The zero-order valence-electron chi connectivity index (χ0n) is 24.5. The smallest absolute Gasteiger partial charge is 0.234 e. The second-order valence-corrected chi connectivity index (χ2v) is 12.2. The number of benzene rings is 2. The normalized spacial score (nSPS) is 20.7. The number of hydrogen-bond acceptors (Lipinski definition) is 8. The average molecular weight is 594 g/mol. The van der Waals surface area contributed by atoms with E-state index in [0.29, 0.717) is 30.6 Å². The summed E-state index contributed by atoms with van der Waals surface area (Å²) < 4.78 is 6.45. The molecule has 8 nitrogen and oxygen atoms in total. The van der Waals surface area contributed by atoms with Crippen molar-refractivity contribution in [2.24, 2.45) is 0 Å². The lowest BCUT2D eigenvalue weighted by Gasteiger charge is -2.39. The molecule has 1 unspecified atom stereocenters. The third kappa shape index (κ3) is 5.38. The van der Waals surface area contributed by atoms with Crippen LogP contribution in [0.5, 0.6) is 5.88 Å². The minimum atomic E-state index is 0.143. The molecule has 2 atom stereocenters. The van der Waals surface area contributed by atoms with Crippen LogP contribution in [0.1, 0.15) is 41.1 Å². The fraction of sp³-hybridized carbons (Fsp3) is 0.382. The number of likely N-dealkylation sites (N-methyl/N-ethyl adjacent to an activating group) is 1. The SMILES string of the molecule is CN1CCC[C@H]1COc1nc(N2CCNC(c3cccnc3)C2)c2c(c1C#N)CN(c1cccc3cccc(Cl)c13)CC2. The van der Waals surface area contributed by atoms with Gasteiger partial charge in [-0.25, -0.2) is 0 Å². The molecule has 0 saturated carbocycles. The van der Waals surface area contributed by atoms with Crippen LogP contribution in [0.15, 0.2) is 60.9 Å². The van der Waals surface area contributed by atoms with Gasteiger partial charge in [-0.3, -0.25) is 4.98 Å². The lowest BCUT2D eigenvalue weighted by atomic mass is 9.94. The number of anilines is 2. The minimum absolute atomic E-state index is 0.143. The Balaban J connectivity index is 1.28. The highest BCUT2D eigenvalue weighted by atomic mass is 35.5. The molecule has 2 aromatic carbocycles. The van der Waals surface area contributed by atoms with Crippen LogP contribution in [-0.2, 0) is 13.0 Å². The maximum Gasteiger partial charge on any atom is 0.234 e. The second kappa shape index (κ2) is 12.0. The van der Waals surface area contributed by atoms with Gasteiger partial charge in [-0.15, -0.1) is 0 Å². The fourth-order valence-corrected chi connectivity index (χ4v) is 7.21. The fourth-order valence-electron chi connectivity index (χ4n) is 6.93. The van der Waals surface area contributed by atoms with Gasteiger partial charge in [0.25, 0.3) is 0 Å². The molecule has 2 aromatic heterocycles. The molecule has 0 amide bonds. The van der Waals surface area contributed by atoms with E-state index in [0.717, 1.165) is 96.0 Å². The number of nitriles is 1. The zero-order chi connectivity index (χ0) is 29.3. The first-order valence-corrected chi connectivity index (χ1v) is 15.6. The van der Waals surface area contributed by atoms with Gasteiger partial charge >= 0.3 is 0 Å². The molecule has 2 fully saturated rings. The lowest BCUT2D eigenvalue weighted by molar-refractivity contribution is 0.192. The maximum absolute atomic E-state index is 10.5. The summed E-state index contributed by atoms with van der Waals surface area (Å²) in [5.41, 5.74) is 4.96. The van der Waals surface area contributed by atoms with E-state index in [1.165, 1.54) is 0 Å². The van der Waals surface area contributed by atoms with E-state index in [1.54, 1.807) is 0 Å². The molecule has 5 heterocycles. The molecule has 2 saturated heterocycles. The van der Waals surface area contributed by atoms with Crippen molar-refractivity contribution in [1.29, 1.82) is 5.26 Å². The van der Waals surface area contributed by atoms with Gasteiger partial charge in [-0.2, -0.15) is 10.2 Å². The van der Waals surface area contributed by atoms with Crippen LogP contribution in [0.2, 0.25) is 5.02 Å². The Hall–Kier alpha value is -3.90. The number of nitrogens with zero attached hydrogens (tertiary/aromatic N) is 6.